The molecular weight excluding hydrogens is 364 g/mol. The number of rotatable bonds is 7. The van der Waals surface area contributed by atoms with Crippen LogP contribution in [0.15, 0.2) is 89.5 Å². The molecule has 0 aliphatic carbocycles. The van der Waals surface area contributed by atoms with Crippen LogP contribution in [-0.2, 0) is 17.8 Å². The van der Waals surface area contributed by atoms with E-state index < -0.39 is 5.97 Å². The first kappa shape index (κ1) is 18.5. The Balaban J connectivity index is 1.60. The smallest absolute Gasteiger partial charge is 0.375 e. The van der Waals surface area contributed by atoms with Crippen LogP contribution in [0.3, 0.4) is 0 Å². The molecule has 0 fully saturated rings. The van der Waals surface area contributed by atoms with E-state index in [4.69, 9.17) is 9.52 Å². The maximum atomic E-state index is 10.9. The van der Waals surface area contributed by atoms with E-state index in [1.54, 1.807) is 0 Å². The third-order valence-electron chi connectivity index (χ3n) is 4.61. The molecule has 1 heterocycles. The maximum absolute atomic E-state index is 10.9. The van der Waals surface area contributed by atoms with Gasteiger partial charge in [-0.2, -0.15) is 4.57 Å². The lowest BCUT2D eigenvalue weighted by Crippen LogP contribution is -2.35. The zero-order valence-corrected chi connectivity index (χ0v) is 15.8. The molecule has 0 amide bonds. The number of carbonyl (C=O) groups is 1. The number of nitrogens with zero attached hydrogens (tertiary/aromatic N) is 1. The van der Waals surface area contributed by atoms with E-state index >= 15 is 0 Å². The van der Waals surface area contributed by atoms with Crippen molar-refractivity contribution in [3.63, 3.8) is 0 Å². The summed E-state index contributed by atoms with van der Waals surface area (Å²) < 4.78 is 8.15. The van der Waals surface area contributed by atoms with Crippen LogP contribution in [-0.4, -0.2) is 11.1 Å². The van der Waals surface area contributed by atoms with Crippen molar-refractivity contribution in [1.29, 1.82) is 0 Å². The molecule has 5 nitrogen and oxygen atoms in total. The minimum Gasteiger partial charge on any atom is -0.481 e. The summed E-state index contributed by atoms with van der Waals surface area (Å²) in [7, 11) is 0. The Labute approximate surface area is 168 Å². The number of oxazole rings is 1. The Morgan fingerprint density at radius 3 is 2.38 bits per heavy atom. The minimum atomic E-state index is -0.828. The Morgan fingerprint density at radius 1 is 0.931 bits per heavy atom. The molecule has 0 saturated carbocycles. The summed E-state index contributed by atoms with van der Waals surface area (Å²) in [6.07, 6.45) is 3.80. The quantitative estimate of drug-likeness (QED) is 0.461. The molecule has 0 saturated heterocycles. The molecule has 0 spiro atoms. The molecule has 0 unspecified atom stereocenters. The van der Waals surface area contributed by atoms with E-state index in [1.165, 1.54) is 0 Å². The minimum absolute atomic E-state index is 0.0290. The highest BCUT2D eigenvalue weighted by Gasteiger charge is 2.20. The van der Waals surface area contributed by atoms with Crippen molar-refractivity contribution >= 4 is 28.8 Å². The van der Waals surface area contributed by atoms with Gasteiger partial charge in [-0.15, -0.1) is 0 Å². The summed E-state index contributed by atoms with van der Waals surface area (Å²) in [4.78, 5) is 10.9. The van der Waals surface area contributed by atoms with Gasteiger partial charge in [0.25, 0.3) is 5.52 Å². The third-order valence-corrected chi connectivity index (χ3v) is 4.61. The number of para-hydroxylation sites is 3. The lowest BCUT2D eigenvalue weighted by molar-refractivity contribution is -0.669. The first-order chi connectivity index (χ1) is 14.2. The molecule has 144 valence electrons. The fourth-order valence-electron chi connectivity index (χ4n) is 3.20. The topological polar surface area (TPSA) is 66.3 Å². The van der Waals surface area contributed by atoms with Gasteiger partial charge in [-0.1, -0.05) is 54.6 Å². The van der Waals surface area contributed by atoms with Crippen LogP contribution < -0.4 is 9.88 Å². The molecule has 4 aromatic rings. The first-order valence-electron chi connectivity index (χ1n) is 9.38. The Hall–Kier alpha value is -3.86. The molecule has 3 aromatic carbocycles. The zero-order chi connectivity index (χ0) is 20.1. The Bertz CT molecular complexity index is 1150. The van der Waals surface area contributed by atoms with Gasteiger partial charge in [-0.05, 0) is 23.8 Å². The fraction of sp³-hybridized carbons (Fsp3) is 0.0833. The normalized spacial score (nSPS) is 11.2. The lowest BCUT2D eigenvalue weighted by atomic mass is 10.1. The highest BCUT2D eigenvalue weighted by atomic mass is 16.4. The second kappa shape index (κ2) is 8.44. The number of benzene rings is 3. The van der Waals surface area contributed by atoms with Crippen molar-refractivity contribution in [2.24, 2.45) is 0 Å². The van der Waals surface area contributed by atoms with Crippen LogP contribution in [0.2, 0.25) is 0 Å². The molecule has 0 bridgehead atoms. The molecule has 0 aliphatic heterocycles. The summed E-state index contributed by atoms with van der Waals surface area (Å²) >= 11 is 0. The van der Waals surface area contributed by atoms with Crippen LogP contribution in [0, 0.1) is 0 Å². The molecule has 0 atom stereocenters. The number of carboxylic acid groups (broad SMARTS) is 1. The average Bonchev–Trinajstić information content (AvgIpc) is 3.07. The van der Waals surface area contributed by atoms with Gasteiger partial charge < -0.3 is 14.8 Å². The molecule has 4 rings (SSSR count). The summed E-state index contributed by atoms with van der Waals surface area (Å²) in [5.41, 5.74) is 4.67. The second-order valence-corrected chi connectivity index (χ2v) is 6.72. The summed E-state index contributed by atoms with van der Waals surface area (Å²) in [6, 6.07) is 25.5. The standard InChI is InChI=1S/C24H20N2O3/c27-24(28)16-18-10-12-19(13-11-18)17-26-21-8-4-5-9-22(21)29-23(26)14-15-25-20-6-2-1-3-7-20/h1-15H,16-17H2,(H,27,28)/p+1. The van der Waals surface area contributed by atoms with Crippen LogP contribution in [0.4, 0.5) is 5.69 Å². The maximum Gasteiger partial charge on any atom is 0.375 e. The number of aromatic nitrogens is 1. The molecule has 29 heavy (non-hydrogen) atoms. The van der Waals surface area contributed by atoms with Gasteiger partial charge in [-0.25, -0.2) is 0 Å². The largest absolute Gasteiger partial charge is 0.481 e. The number of carboxylic acids is 1. The van der Waals surface area contributed by atoms with Gasteiger partial charge in [-0.3, -0.25) is 4.79 Å². The van der Waals surface area contributed by atoms with Gasteiger partial charge >= 0.3 is 11.9 Å². The number of hydrogen-bond acceptors (Lipinski definition) is 3. The number of aliphatic carboxylic acids is 1. The highest BCUT2D eigenvalue weighted by molar-refractivity contribution is 5.70. The van der Waals surface area contributed by atoms with Crippen molar-refractivity contribution in [1.82, 2.24) is 0 Å². The molecule has 5 heteroatoms. The molecule has 0 radical (unpaired) electrons. The van der Waals surface area contributed by atoms with Gasteiger partial charge in [0.1, 0.15) is 0 Å². The van der Waals surface area contributed by atoms with Crippen molar-refractivity contribution in [3.8, 4) is 0 Å². The van der Waals surface area contributed by atoms with Gasteiger partial charge in [0, 0.05) is 23.5 Å². The van der Waals surface area contributed by atoms with Gasteiger partial charge in [0.05, 0.1) is 12.5 Å². The van der Waals surface area contributed by atoms with E-state index in [0.717, 1.165) is 33.8 Å². The second-order valence-electron chi connectivity index (χ2n) is 6.72. The van der Waals surface area contributed by atoms with Crippen molar-refractivity contribution in [2.45, 2.75) is 13.0 Å². The average molecular weight is 385 g/mol. The van der Waals surface area contributed by atoms with E-state index in [1.807, 2.05) is 91.1 Å². The van der Waals surface area contributed by atoms with E-state index in [9.17, 15) is 4.79 Å². The first-order valence-corrected chi connectivity index (χ1v) is 9.38. The van der Waals surface area contributed by atoms with E-state index in [0.29, 0.717) is 6.54 Å². The molecule has 1 aromatic heterocycles. The fourth-order valence-corrected chi connectivity index (χ4v) is 3.20. The van der Waals surface area contributed by atoms with Crippen LogP contribution in [0.25, 0.3) is 17.2 Å². The Kier molecular flexibility index (Phi) is 5.38. The summed E-state index contributed by atoms with van der Waals surface area (Å²) in [6.45, 7) is 0.620. The SMILES string of the molecule is O=C(O)Cc1ccc(C[n+]2c(/C=C/Nc3ccccc3)oc3ccccc32)cc1. The van der Waals surface area contributed by atoms with Gasteiger partial charge in [0.15, 0.2) is 6.54 Å². The highest BCUT2D eigenvalue weighted by Crippen LogP contribution is 2.16. The number of nitrogens with one attached hydrogen (secondary N) is 1. The van der Waals surface area contributed by atoms with E-state index in [-0.39, 0.29) is 6.42 Å². The number of anilines is 1. The van der Waals surface area contributed by atoms with Crippen LogP contribution in [0.5, 0.6) is 0 Å². The van der Waals surface area contributed by atoms with E-state index in [2.05, 4.69) is 9.88 Å². The lowest BCUT2D eigenvalue weighted by Gasteiger charge is -2.01. The van der Waals surface area contributed by atoms with Gasteiger partial charge in [0.2, 0.25) is 5.58 Å². The summed E-state index contributed by atoms with van der Waals surface area (Å²) in [5.74, 6) is -0.101. The number of fused-ring (bicyclic) bond motifs is 1. The van der Waals surface area contributed by atoms with Crippen molar-refractivity contribution in [3.05, 3.63) is 102 Å². The Morgan fingerprint density at radius 2 is 1.62 bits per heavy atom. The third kappa shape index (κ3) is 4.52. The van der Waals surface area contributed by atoms with Crippen molar-refractivity contribution < 1.29 is 18.9 Å². The van der Waals surface area contributed by atoms with Crippen molar-refractivity contribution in [2.75, 3.05) is 5.32 Å². The number of hydrogen-bond donors (Lipinski definition) is 2. The predicted molar refractivity (Wildman–Crippen MR) is 112 cm³/mol. The molecule has 0 aliphatic rings. The summed E-state index contributed by atoms with van der Waals surface area (Å²) in [5, 5.41) is 12.2. The van der Waals surface area contributed by atoms with Crippen LogP contribution >= 0.6 is 0 Å². The van der Waals surface area contributed by atoms with Crippen LogP contribution in [0.1, 0.15) is 17.0 Å². The zero-order valence-electron chi connectivity index (χ0n) is 15.8. The molecule has 2 N–H and O–H groups in total. The monoisotopic (exact) mass is 385 g/mol. The molecular formula is C24H21N2O3+. The predicted octanol–water partition coefficient (Wildman–Crippen LogP) is 4.48.